The molecule has 2 aromatic carbocycles. The molecule has 0 atom stereocenters. The summed E-state index contributed by atoms with van der Waals surface area (Å²) in [5.74, 6) is -0.717. The number of carbonyl (C=O) groups excluding carboxylic acids is 3. The normalized spacial score (nSPS) is 10.9. The molecule has 3 amide bonds. The van der Waals surface area contributed by atoms with Crippen molar-refractivity contribution in [3.8, 4) is 0 Å². The van der Waals surface area contributed by atoms with Crippen LogP contribution in [0.3, 0.4) is 0 Å². The van der Waals surface area contributed by atoms with E-state index in [1.165, 1.54) is 6.07 Å². The lowest BCUT2D eigenvalue weighted by atomic mass is 10.1. The highest BCUT2D eigenvalue weighted by Crippen LogP contribution is 2.12. The summed E-state index contributed by atoms with van der Waals surface area (Å²) in [5.41, 5.74) is 1.41. The highest BCUT2D eigenvalue weighted by atomic mass is 19.1. The lowest BCUT2D eigenvalue weighted by molar-refractivity contribution is -0.121. The van der Waals surface area contributed by atoms with Gasteiger partial charge in [0.2, 0.25) is 11.8 Å². The van der Waals surface area contributed by atoms with Gasteiger partial charge in [-0.05, 0) is 56.5 Å². The fraction of sp³-hybridized carbons (Fsp3) is 0.375. The van der Waals surface area contributed by atoms with Gasteiger partial charge in [0.1, 0.15) is 11.4 Å². The molecule has 3 N–H and O–H groups in total. The molecule has 0 aliphatic rings. The molecule has 7 nitrogen and oxygen atoms in total. The van der Waals surface area contributed by atoms with Crippen molar-refractivity contribution in [2.24, 2.45) is 0 Å². The van der Waals surface area contributed by atoms with Crippen molar-refractivity contribution in [3.63, 3.8) is 0 Å². The van der Waals surface area contributed by atoms with E-state index in [-0.39, 0.29) is 37.0 Å². The number of nitrogens with one attached hydrogen (secondary N) is 3. The first-order valence-corrected chi connectivity index (χ1v) is 10.5. The number of benzene rings is 2. The summed E-state index contributed by atoms with van der Waals surface area (Å²) < 4.78 is 18.7. The van der Waals surface area contributed by atoms with Crippen LogP contribution in [0.4, 0.5) is 14.9 Å². The van der Waals surface area contributed by atoms with Gasteiger partial charge >= 0.3 is 6.09 Å². The maximum Gasteiger partial charge on any atom is 0.407 e. The van der Waals surface area contributed by atoms with E-state index in [0.717, 1.165) is 5.56 Å². The molecule has 32 heavy (non-hydrogen) atoms. The zero-order valence-corrected chi connectivity index (χ0v) is 18.7. The molecule has 2 aromatic rings. The Hall–Kier alpha value is -3.42. The van der Waals surface area contributed by atoms with Crippen LogP contribution in [0.25, 0.3) is 0 Å². The van der Waals surface area contributed by atoms with Crippen LogP contribution in [0.2, 0.25) is 0 Å². The Balaban J connectivity index is 1.67. The van der Waals surface area contributed by atoms with Crippen molar-refractivity contribution >= 4 is 23.6 Å². The Morgan fingerprint density at radius 1 is 0.906 bits per heavy atom. The summed E-state index contributed by atoms with van der Waals surface area (Å²) >= 11 is 0. The van der Waals surface area contributed by atoms with Gasteiger partial charge in [-0.3, -0.25) is 9.59 Å². The van der Waals surface area contributed by atoms with Crippen molar-refractivity contribution in [1.29, 1.82) is 0 Å². The van der Waals surface area contributed by atoms with Gasteiger partial charge < -0.3 is 20.7 Å². The Morgan fingerprint density at radius 2 is 1.59 bits per heavy atom. The lowest BCUT2D eigenvalue weighted by Gasteiger charge is -2.19. The minimum atomic E-state index is -0.586. The molecule has 0 aliphatic heterocycles. The predicted octanol–water partition coefficient (Wildman–Crippen LogP) is 3.93. The van der Waals surface area contributed by atoms with Gasteiger partial charge in [0.25, 0.3) is 0 Å². The molecule has 172 valence electrons. The second-order valence-corrected chi connectivity index (χ2v) is 8.29. The first-order valence-electron chi connectivity index (χ1n) is 10.5. The SMILES string of the molecule is CC(C)(C)OC(=O)NCCC(=O)NCc1ccc(NC(=O)CCc2ccccc2F)cc1. The van der Waals surface area contributed by atoms with E-state index >= 15 is 0 Å². The Morgan fingerprint density at radius 3 is 2.25 bits per heavy atom. The standard InChI is InChI=1S/C24H30FN3O4/c1-24(2,3)32-23(31)26-15-14-21(29)27-16-17-8-11-19(12-9-17)28-22(30)13-10-18-6-4-5-7-20(18)25/h4-9,11-12H,10,13-16H2,1-3H3,(H,26,31)(H,27,29)(H,28,30). The van der Waals surface area contributed by atoms with Gasteiger partial charge in [-0.25, -0.2) is 9.18 Å². The van der Waals surface area contributed by atoms with E-state index in [1.807, 2.05) is 0 Å². The van der Waals surface area contributed by atoms with E-state index < -0.39 is 11.7 Å². The summed E-state index contributed by atoms with van der Waals surface area (Å²) in [5, 5.41) is 8.08. The van der Waals surface area contributed by atoms with E-state index in [0.29, 0.717) is 24.2 Å². The summed E-state index contributed by atoms with van der Waals surface area (Å²) in [4.78, 5) is 35.6. The molecule has 2 rings (SSSR count). The third-order valence-electron chi connectivity index (χ3n) is 4.33. The number of aryl methyl sites for hydroxylation is 1. The van der Waals surface area contributed by atoms with Crippen LogP contribution in [-0.4, -0.2) is 30.1 Å². The van der Waals surface area contributed by atoms with E-state index in [1.54, 1.807) is 63.2 Å². The van der Waals surface area contributed by atoms with Gasteiger partial charge in [-0.2, -0.15) is 0 Å². The lowest BCUT2D eigenvalue weighted by Crippen LogP contribution is -2.35. The third-order valence-corrected chi connectivity index (χ3v) is 4.33. The maximum absolute atomic E-state index is 13.6. The highest BCUT2D eigenvalue weighted by Gasteiger charge is 2.15. The molecule has 0 radical (unpaired) electrons. The van der Waals surface area contributed by atoms with Crippen LogP contribution < -0.4 is 16.0 Å². The number of amides is 3. The summed E-state index contributed by atoms with van der Waals surface area (Å²) in [6, 6.07) is 13.5. The second kappa shape index (κ2) is 11.8. The minimum absolute atomic E-state index is 0.134. The first kappa shape index (κ1) is 24.8. The Bertz CT molecular complexity index is 924. The molecular weight excluding hydrogens is 413 g/mol. The first-order chi connectivity index (χ1) is 15.1. The topological polar surface area (TPSA) is 96.5 Å². The highest BCUT2D eigenvalue weighted by molar-refractivity contribution is 5.90. The summed E-state index contributed by atoms with van der Waals surface area (Å²) in [6.07, 6.45) is 0.0773. The predicted molar refractivity (Wildman–Crippen MR) is 120 cm³/mol. The summed E-state index contributed by atoms with van der Waals surface area (Å²) in [6.45, 7) is 5.80. The average molecular weight is 444 g/mol. The molecular formula is C24H30FN3O4. The number of rotatable bonds is 9. The fourth-order valence-corrected chi connectivity index (χ4v) is 2.76. The minimum Gasteiger partial charge on any atom is -0.444 e. The van der Waals surface area contributed by atoms with Crippen molar-refractivity contribution in [1.82, 2.24) is 10.6 Å². The van der Waals surface area contributed by atoms with Crippen LogP contribution in [0.1, 0.15) is 44.7 Å². The van der Waals surface area contributed by atoms with Crippen LogP contribution in [0.5, 0.6) is 0 Å². The Kier molecular flexibility index (Phi) is 9.19. The molecule has 0 heterocycles. The van der Waals surface area contributed by atoms with E-state index in [4.69, 9.17) is 4.74 Å². The molecule has 0 spiro atoms. The van der Waals surface area contributed by atoms with Crippen molar-refractivity contribution in [2.75, 3.05) is 11.9 Å². The number of hydrogen-bond acceptors (Lipinski definition) is 4. The Labute approximate surface area is 187 Å². The van der Waals surface area contributed by atoms with Crippen LogP contribution in [0.15, 0.2) is 48.5 Å². The van der Waals surface area contributed by atoms with Crippen molar-refractivity contribution in [2.45, 2.75) is 52.2 Å². The van der Waals surface area contributed by atoms with Crippen LogP contribution >= 0.6 is 0 Å². The van der Waals surface area contributed by atoms with Gasteiger partial charge in [0.05, 0.1) is 0 Å². The van der Waals surface area contributed by atoms with Gasteiger partial charge in [0.15, 0.2) is 0 Å². The van der Waals surface area contributed by atoms with Crippen molar-refractivity contribution < 1.29 is 23.5 Å². The zero-order chi connectivity index (χ0) is 23.6. The third kappa shape index (κ3) is 9.59. The number of carbonyl (C=O) groups is 3. The largest absolute Gasteiger partial charge is 0.444 e. The molecule has 0 aliphatic carbocycles. The van der Waals surface area contributed by atoms with Crippen LogP contribution in [-0.2, 0) is 27.3 Å². The second-order valence-electron chi connectivity index (χ2n) is 8.29. The quantitative estimate of drug-likeness (QED) is 0.547. The number of anilines is 1. The molecule has 0 bridgehead atoms. The van der Waals surface area contributed by atoms with Gasteiger partial charge in [-0.15, -0.1) is 0 Å². The fourth-order valence-electron chi connectivity index (χ4n) is 2.76. The van der Waals surface area contributed by atoms with Crippen LogP contribution in [0, 0.1) is 5.82 Å². The maximum atomic E-state index is 13.6. The number of hydrogen-bond donors (Lipinski definition) is 3. The van der Waals surface area contributed by atoms with E-state index in [9.17, 15) is 18.8 Å². The van der Waals surface area contributed by atoms with Gasteiger partial charge in [-0.1, -0.05) is 30.3 Å². The summed E-state index contributed by atoms with van der Waals surface area (Å²) in [7, 11) is 0. The smallest absolute Gasteiger partial charge is 0.407 e. The number of alkyl carbamates (subject to hydrolysis) is 1. The zero-order valence-electron chi connectivity index (χ0n) is 18.7. The van der Waals surface area contributed by atoms with E-state index in [2.05, 4.69) is 16.0 Å². The number of halogens is 1. The number of ether oxygens (including phenoxy) is 1. The molecule has 0 saturated carbocycles. The molecule has 0 aromatic heterocycles. The molecule has 0 fully saturated rings. The monoisotopic (exact) mass is 443 g/mol. The average Bonchev–Trinajstić information content (AvgIpc) is 2.71. The van der Waals surface area contributed by atoms with Crippen molar-refractivity contribution in [3.05, 3.63) is 65.5 Å². The molecule has 8 heteroatoms. The van der Waals surface area contributed by atoms with Gasteiger partial charge in [0, 0.05) is 31.6 Å². The molecule has 0 unspecified atom stereocenters. The molecule has 0 saturated heterocycles.